The van der Waals surface area contributed by atoms with Crippen LogP contribution in [0.15, 0.2) is 12.2 Å². The highest BCUT2D eigenvalue weighted by atomic mass is 16.7. The van der Waals surface area contributed by atoms with Crippen molar-refractivity contribution < 1.29 is 19.1 Å². The number of ether oxygens (including phenoxy) is 2. The molecule has 4 nitrogen and oxygen atoms in total. The van der Waals surface area contributed by atoms with Crippen LogP contribution in [0.3, 0.4) is 0 Å². The molecular formula is C14H20O4. The fourth-order valence-corrected chi connectivity index (χ4v) is 2.23. The molecule has 2 aliphatic heterocycles. The number of esters is 1. The number of fused-ring (bicyclic) bond motifs is 2. The molecule has 0 aromatic rings. The van der Waals surface area contributed by atoms with Gasteiger partial charge >= 0.3 is 5.97 Å². The maximum absolute atomic E-state index is 12.1. The molecule has 0 radical (unpaired) electrons. The summed E-state index contributed by atoms with van der Waals surface area (Å²) in [5.74, 6) is -2.12. The third kappa shape index (κ3) is 1.88. The van der Waals surface area contributed by atoms with Crippen LogP contribution in [-0.2, 0) is 19.1 Å². The Kier molecular flexibility index (Phi) is 2.89. The Balaban J connectivity index is 2.25. The summed E-state index contributed by atoms with van der Waals surface area (Å²) in [7, 11) is 0. The molecule has 18 heavy (non-hydrogen) atoms. The monoisotopic (exact) mass is 252 g/mol. The second-order valence-corrected chi connectivity index (χ2v) is 6.22. The molecule has 2 heterocycles. The van der Waals surface area contributed by atoms with Crippen LogP contribution in [0.4, 0.5) is 0 Å². The zero-order chi connectivity index (χ0) is 13.7. The van der Waals surface area contributed by atoms with Gasteiger partial charge in [0.15, 0.2) is 0 Å². The van der Waals surface area contributed by atoms with Crippen molar-refractivity contribution in [2.75, 3.05) is 0 Å². The third-order valence-electron chi connectivity index (χ3n) is 3.67. The van der Waals surface area contributed by atoms with Crippen LogP contribution in [0.1, 0.15) is 34.6 Å². The molecule has 0 aliphatic carbocycles. The second kappa shape index (κ2) is 3.92. The average Bonchev–Trinajstić information content (AvgIpc) is 2.66. The molecule has 2 bridgehead atoms. The Morgan fingerprint density at radius 1 is 1.39 bits per heavy atom. The first-order valence-corrected chi connectivity index (χ1v) is 6.32. The quantitative estimate of drug-likeness (QED) is 0.529. The van der Waals surface area contributed by atoms with E-state index in [2.05, 4.69) is 0 Å². The topological polar surface area (TPSA) is 52.6 Å². The fraction of sp³-hybridized carbons (Fsp3) is 0.714. The van der Waals surface area contributed by atoms with Gasteiger partial charge in [0.1, 0.15) is 5.78 Å². The predicted molar refractivity (Wildman–Crippen MR) is 65.6 cm³/mol. The molecule has 0 N–H and O–H groups in total. The zero-order valence-electron chi connectivity index (χ0n) is 11.5. The van der Waals surface area contributed by atoms with Gasteiger partial charge in [0.05, 0.1) is 17.4 Å². The summed E-state index contributed by atoms with van der Waals surface area (Å²) < 4.78 is 11.3. The standard InChI is InChI=1S/C14H20O4/c1-8-10-6-7-14(17-10,9(2)11(8)15)18-12(16)13(3,4)5/h6-10H,1-5H3/t8-,9+,10-,14+/m0/s1. The van der Waals surface area contributed by atoms with Gasteiger partial charge in [-0.25, -0.2) is 0 Å². The summed E-state index contributed by atoms with van der Waals surface area (Å²) in [5, 5.41) is 0. The summed E-state index contributed by atoms with van der Waals surface area (Å²) in [5.41, 5.74) is -0.615. The van der Waals surface area contributed by atoms with Gasteiger partial charge in [0, 0.05) is 5.92 Å². The highest BCUT2D eigenvalue weighted by molar-refractivity contribution is 5.87. The SMILES string of the molecule is C[C@@H]1C(=O)[C@@H](C)[C@]2(OC(=O)C(C)(C)C)C=C[C@@H]1O2. The molecule has 0 amide bonds. The Morgan fingerprint density at radius 2 is 2.00 bits per heavy atom. The Bertz CT molecular complexity index is 418. The second-order valence-electron chi connectivity index (χ2n) is 6.22. The molecule has 1 fully saturated rings. The number of hydrogen-bond donors (Lipinski definition) is 0. The van der Waals surface area contributed by atoms with Gasteiger partial charge in [0.2, 0.25) is 5.79 Å². The van der Waals surface area contributed by atoms with Crippen LogP contribution < -0.4 is 0 Å². The first-order chi connectivity index (χ1) is 8.17. The van der Waals surface area contributed by atoms with Crippen molar-refractivity contribution in [2.45, 2.75) is 46.5 Å². The smallest absolute Gasteiger partial charge is 0.313 e. The Morgan fingerprint density at radius 3 is 2.56 bits per heavy atom. The van der Waals surface area contributed by atoms with Crippen molar-refractivity contribution in [2.24, 2.45) is 17.3 Å². The number of hydrogen-bond acceptors (Lipinski definition) is 4. The van der Waals surface area contributed by atoms with E-state index in [1.165, 1.54) is 0 Å². The predicted octanol–water partition coefficient (Wildman–Crippen LogP) is 2.08. The van der Waals surface area contributed by atoms with E-state index in [0.29, 0.717) is 0 Å². The van der Waals surface area contributed by atoms with Crippen LogP contribution in [0.25, 0.3) is 0 Å². The molecular weight excluding hydrogens is 232 g/mol. The van der Waals surface area contributed by atoms with Crippen LogP contribution in [0.2, 0.25) is 0 Å². The zero-order valence-corrected chi connectivity index (χ0v) is 11.5. The summed E-state index contributed by atoms with van der Waals surface area (Å²) >= 11 is 0. The van der Waals surface area contributed by atoms with Gasteiger partial charge in [-0.2, -0.15) is 0 Å². The van der Waals surface area contributed by atoms with Gasteiger partial charge in [-0.3, -0.25) is 9.59 Å². The van der Waals surface area contributed by atoms with Crippen LogP contribution in [-0.4, -0.2) is 23.6 Å². The summed E-state index contributed by atoms with van der Waals surface area (Å²) in [6.07, 6.45) is 3.26. The fourth-order valence-electron chi connectivity index (χ4n) is 2.23. The lowest BCUT2D eigenvalue weighted by Crippen LogP contribution is -2.53. The van der Waals surface area contributed by atoms with E-state index < -0.39 is 17.1 Å². The van der Waals surface area contributed by atoms with Gasteiger partial charge in [-0.15, -0.1) is 0 Å². The molecule has 0 saturated carbocycles. The van der Waals surface area contributed by atoms with Crippen LogP contribution >= 0.6 is 0 Å². The van der Waals surface area contributed by atoms with Crippen molar-refractivity contribution in [3.8, 4) is 0 Å². The van der Waals surface area contributed by atoms with E-state index in [-0.39, 0.29) is 23.8 Å². The van der Waals surface area contributed by atoms with E-state index in [9.17, 15) is 9.59 Å². The lowest BCUT2D eigenvalue weighted by atomic mass is 9.85. The molecule has 0 aromatic heterocycles. The minimum Gasteiger partial charge on any atom is -0.428 e. The molecule has 0 unspecified atom stereocenters. The van der Waals surface area contributed by atoms with Crippen molar-refractivity contribution in [1.82, 2.24) is 0 Å². The lowest BCUT2D eigenvalue weighted by molar-refractivity contribution is -0.250. The largest absolute Gasteiger partial charge is 0.428 e. The minimum absolute atomic E-state index is 0.0814. The van der Waals surface area contributed by atoms with E-state index in [4.69, 9.17) is 9.47 Å². The molecule has 0 aromatic carbocycles. The summed E-state index contributed by atoms with van der Waals surface area (Å²) in [6, 6.07) is 0. The number of rotatable bonds is 1. The van der Waals surface area contributed by atoms with Crippen LogP contribution in [0.5, 0.6) is 0 Å². The summed E-state index contributed by atoms with van der Waals surface area (Å²) in [4.78, 5) is 24.1. The first-order valence-electron chi connectivity index (χ1n) is 6.32. The minimum atomic E-state index is -1.20. The van der Waals surface area contributed by atoms with Crippen molar-refractivity contribution >= 4 is 11.8 Å². The first kappa shape index (κ1) is 13.3. The molecule has 4 heteroatoms. The van der Waals surface area contributed by atoms with E-state index >= 15 is 0 Å². The van der Waals surface area contributed by atoms with Crippen molar-refractivity contribution in [1.29, 1.82) is 0 Å². The van der Waals surface area contributed by atoms with Gasteiger partial charge in [0.25, 0.3) is 0 Å². The van der Waals surface area contributed by atoms with Gasteiger partial charge < -0.3 is 9.47 Å². The molecule has 2 aliphatic rings. The maximum atomic E-state index is 12.1. The van der Waals surface area contributed by atoms with Gasteiger partial charge in [-0.05, 0) is 33.8 Å². The Hall–Kier alpha value is -1.16. The van der Waals surface area contributed by atoms with Crippen molar-refractivity contribution in [3.05, 3.63) is 12.2 Å². The molecule has 100 valence electrons. The molecule has 1 saturated heterocycles. The van der Waals surface area contributed by atoms with Gasteiger partial charge in [-0.1, -0.05) is 13.0 Å². The number of carbonyl (C=O) groups is 2. The highest BCUT2D eigenvalue weighted by Gasteiger charge is 2.55. The molecule has 0 spiro atoms. The summed E-state index contributed by atoms with van der Waals surface area (Å²) in [6.45, 7) is 8.93. The molecule has 4 atom stereocenters. The van der Waals surface area contributed by atoms with Crippen molar-refractivity contribution in [3.63, 3.8) is 0 Å². The third-order valence-corrected chi connectivity index (χ3v) is 3.67. The van der Waals surface area contributed by atoms with E-state index in [0.717, 1.165) is 0 Å². The molecule has 2 rings (SSSR count). The normalized spacial score (nSPS) is 38.9. The number of carbonyl (C=O) groups excluding carboxylic acids is 2. The maximum Gasteiger partial charge on any atom is 0.313 e. The highest BCUT2D eigenvalue weighted by Crippen LogP contribution is 2.42. The average molecular weight is 252 g/mol. The number of Topliss-reactive ketones (excluding diaryl/α,β-unsaturated/α-hetero) is 1. The van der Waals surface area contributed by atoms with Crippen LogP contribution in [0, 0.1) is 17.3 Å². The van der Waals surface area contributed by atoms with E-state index in [1.54, 1.807) is 33.8 Å². The lowest BCUT2D eigenvalue weighted by Gasteiger charge is -2.40. The Labute approximate surface area is 107 Å². The number of ketones is 1. The van der Waals surface area contributed by atoms with E-state index in [1.807, 2.05) is 13.0 Å².